The number of unbranched alkanes of at least 4 members (excludes halogenated alkanes) is 3. The summed E-state index contributed by atoms with van der Waals surface area (Å²) in [5.74, 6) is 0.161. The van der Waals surface area contributed by atoms with Gasteiger partial charge >= 0.3 is 0 Å². The van der Waals surface area contributed by atoms with Gasteiger partial charge in [0, 0.05) is 29.8 Å². The number of halogens is 1. The summed E-state index contributed by atoms with van der Waals surface area (Å²) in [5.41, 5.74) is 7.94. The lowest BCUT2D eigenvalue weighted by Crippen LogP contribution is -2.27. The summed E-state index contributed by atoms with van der Waals surface area (Å²) in [6, 6.07) is 2.50. The Labute approximate surface area is 268 Å². The molecule has 0 amide bonds. The van der Waals surface area contributed by atoms with E-state index in [9.17, 15) is 5.11 Å². The molecule has 0 aliphatic carbocycles. The first-order chi connectivity index (χ1) is 20.3. The highest BCUT2D eigenvalue weighted by atomic mass is 19.1. The zero-order chi connectivity index (χ0) is 33.4. The first-order valence-electron chi connectivity index (χ1n) is 16.2. The number of phenolic OH excluding ortho intramolecular Hbond substituents is 1. The minimum Gasteiger partial charge on any atom is -0.507 e. The molecule has 0 fully saturated rings. The highest BCUT2D eigenvalue weighted by Gasteiger charge is 2.27. The quantitative estimate of drug-likeness (QED) is 0.146. The molecule has 43 heavy (non-hydrogen) atoms. The van der Waals surface area contributed by atoms with Gasteiger partial charge in [-0.05, 0) is 25.8 Å². The molecule has 0 bridgehead atoms. The molecule has 3 N–H and O–H groups in total. The van der Waals surface area contributed by atoms with Crippen LogP contribution in [0.4, 0.5) is 4.39 Å². The van der Waals surface area contributed by atoms with E-state index in [-0.39, 0.29) is 23.7 Å². The predicted molar refractivity (Wildman–Crippen MR) is 189 cm³/mol. The van der Waals surface area contributed by atoms with Crippen molar-refractivity contribution in [2.45, 2.75) is 119 Å². The van der Waals surface area contributed by atoms with E-state index < -0.39 is 10.9 Å². The molecule has 1 aliphatic rings. The van der Waals surface area contributed by atoms with Gasteiger partial charge in [-0.2, -0.15) is 0 Å². The molecule has 1 heterocycles. The second kappa shape index (κ2) is 25.0. The molecule has 0 saturated carbocycles. The number of rotatable bonds is 12. The number of ether oxygens (including phenoxy) is 1. The van der Waals surface area contributed by atoms with Gasteiger partial charge in [0.1, 0.15) is 29.4 Å². The van der Waals surface area contributed by atoms with Crippen molar-refractivity contribution < 1.29 is 18.8 Å². The van der Waals surface area contributed by atoms with Crippen LogP contribution < -0.4 is 10.5 Å². The average Bonchev–Trinajstić information content (AvgIpc) is 2.94. The van der Waals surface area contributed by atoms with Crippen LogP contribution >= 0.6 is 0 Å². The Morgan fingerprint density at radius 3 is 2.28 bits per heavy atom. The Kier molecular flexibility index (Phi) is 24.9. The maximum absolute atomic E-state index is 15.0. The summed E-state index contributed by atoms with van der Waals surface area (Å²) in [5, 5.41) is 9.02. The monoisotopic (exact) mass is 591 g/mol. The van der Waals surface area contributed by atoms with Gasteiger partial charge in [-0.15, -0.1) is 0 Å². The number of allylic oxidation sites excluding steroid dienone is 4. The molecular formula is C35H59B3FN2O2+. The van der Waals surface area contributed by atoms with Gasteiger partial charge < -0.3 is 15.6 Å². The van der Waals surface area contributed by atoms with Crippen molar-refractivity contribution in [2.24, 2.45) is 11.7 Å². The highest BCUT2D eigenvalue weighted by Crippen LogP contribution is 2.30. The van der Waals surface area contributed by atoms with Crippen LogP contribution in [0.1, 0.15) is 119 Å². The van der Waals surface area contributed by atoms with Gasteiger partial charge in [-0.3, -0.25) is 0 Å². The van der Waals surface area contributed by atoms with Crippen molar-refractivity contribution in [3.05, 3.63) is 59.1 Å². The fourth-order valence-electron chi connectivity index (χ4n) is 3.99. The first-order valence-corrected chi connectivity index (χ1v) is 16.2. The second-order valence-electron chi connectivity index (χ2n) is 11.1. The fraction of sp³-hybridized carbons (Fsp3) is 0.629. The molecule has 1 aromatic rings. The van der Waals surface area contributed by atoms with Crippen LogP contribution in [0.3, 0.4) is 0 Å². The molecule has 1 unspecified atom stereocenters. The highest BCUT2D eigenvalue weighted by molar-refractivity contribution is 6.59. The maximum atomic E-state index is 15.0. The fourth-order valence-corrected chi connectivity index (χ4v) is 3.99. The minimum atomic E-state index is -1.56. The summed E-state index contributed by atoms with van der Waals surface area (Å²) >= 11 is 0. The zero-order valence-electron chi connectivity index (χ0n) is 28.8. The van der Waals surface area contributed by atoms with Gasteiger partial charge in [-0.25, -0.2) is 8.97 Å². The largest absolute Gasteiger partial charge is 0.507 e. The molecule has 0 aromatic heterocycles. The van der Waals surface area contributed by atoms with E-state index >= 15 is 4.39 Å². The van der Waals surface area contributed by atoms with Crippen molar-refractivity contribution in [3.8, 4) is 11.5 Å². The number of benzene rings is 1. The van der Waals surface area contributed by atoms with Crippen LogP contribution in [0.25, 0.3) is 0 Å². The third kappa shape index (κ3) is 20.3. The topological polar surface area (TPSA) is 58.5 Å². The molecule has 1 atom stereocenters. The standard InChI is InChI=1S/C20H22B3FN2O2.C10H22.C3H8.C2H6/c1-13-6-4-3-5-8-26(9-7-14(2)25)19(13)18-16(24)10-15(11-17(18)27)28-12-20(21,22)23;1-4-6-7-8-9-10(3)5-2;1-3-2;1-2/h3-4,6-7,10-11H,5,8-9,12,25H2,1-2H3;10H,4-9H2,1-3H3;3H2,1-2H3;1-2H3/p+1/b4-3-,13-6+,14-7+;;;. The molecule has 6 radical (unpaired) electrons. The first kappa shape index (κ1) is 42.8. The zero-order valence-corrected chi connectivity index (χ0v) is 28.8. The Bertz CT molecular complexity index is 988. The van der Waals surface area contributed by atoms with Crippen molar-refractivity contribution in [2.75, 3.05) is 19.7 Å². The Morgan fingerprint density at radius 2 is 1.77 bits per heavy atom. The van der Waals surface area contributed by atoms with E-state index in [0.29, 0.717) is 24.5 Å². The molecule has 0 saturated heterocycles. The molecule has 4 nitrogen and oxygen atoms in total. The number of nitrogens with two attached hydrogens (primary N) is 1. The average molecular weight is 591 g/mol. The Morgan fingerprint density at radius 1 is 1.14 bits per heavy atom. The normalized spacial score (nSPS) is 16.0. The van der Waals surface area contributed by atoms with E-state index in [2.05, 4.69) is 34.6 Å². The van der Waals surface area contributed by atoms with Crippen LogP contribution in [-0.4, -0.2) is 58.6 Å². The minimum absolute atomic E-state index is 0.0849. The van der Waals surface area contributed by atoms with Crippen LogP contribution in [-0.2, 0) is 0 Å². The van der Waals surface area contributed by atoms with Gasteiger partial charge in [0.2, 0.25) is 5.71 Å². The van der Waals surface area contributed by atoms with Crippen LogP contribution in [0.2, 0.25) is 5.11 Å². The molecule has 236 valence electrons. The number of nitrogens with zero attached hydrogens (tertiary/aromatic N) is 1. The van der Waals surface area contributed by atoms with Gasteiger partial charge in [0.25, 0.3) is 0 Å². The summed E-state index contributed by atoms with van der Waals surface area (Å²) in [4.78, 5) is 0. The molecular weight excluding hydrogens is 532 g/mol. The smallest absolute Gasteiger partial charge is 0.217 e. The molecule has 1 aliphatic heterocycles. The van der Waals surface area contributed by atoms with E-state index in [1.54, 1.807) is 6.92 Å². The van der Waals surface area contributed by atoms with Crippen molar-refractivity contribution in [1.29, 1.82) is 0 Å². The number of aromatic hydroxyl groups is 1. The van der Waals surface area contributed by atoms with E-state index in [0.717, 1.165) is 17.9 Å². The lowest BCUT2D eigenvalue weighted by atomic mass is 9.43. The van der Waals surface area contributed by atoms with Crippen molar-refractivity contribution in [3.63, 3.8) is 0 Å². The van der Waals surface area contributed by atoms with Gasteiger partial charge in [-0.1, -0.05) is 117 Å². The SMILES string of the molecule is CC.CCC.CCCCCCC(C)CC.[B]C([B])([B])COc1cc(O)c(C2=[N+](C/C=C(\C)N)CC/C=C\C=C\2C)c(F)c1. The van der Waals surface area contributed by atoms with Gasteiger partial charge in [0.15, 0.2) is 6.54 Å². The summed E-state index contributed by atoms with van der Waals surface area (Å²) in [7, 11) is 16.4. The molecule has 0 spiro atoms. The van der Waals surface area contributed by atoms with Crippen LogP contribution in [0.15, 0.2) is 47.7 Å². The number of hydrogen-bond acceptors (Lipinski definition) is 3. The summed E-state index contributed by atoms with van der Waals surface area (Å²) in [6.07, 6.45) is 18.2. The van der Waals surface area contributed by atoms with Crippen molar-refractivity contribution in [1.82, 2.24) is 0 Å². The molecule has 1 aromatic carbocycles. The van der Waals surface area contributed by atoms with Crippen LogP contribution in [0, 0.1) is 11.7 Å². The van der Waals surface area contributed by atoms with E-state index in [4.69, 9.17) is 34.0 Å². The second-order valence-corrected chi connectivity index (χ2v) is 11.1. The summed E-state index contributed by atoms with van der Waals surface area (Å²) < 4.78 is 22.3. The van der Waals surface area contributed by atoms with E-state index in [1.165, 1.54) is 57.1 Å². The lowest BCUT2D eigenvalue weighted by Gasteiger charge is -2.20. The maximum Gasteiger partial charge on any atom is 0.217 e. The predicted octanol–water partition coefficient (Wildman–Crippen LogP) is 8.51. The van der Waals surface area contributed by atoms with Crippen LogP contribution in [0.5, 0.6) is 11.5 Å². The van der Waals surface area contributed by atoms with Gasteiger partial charge in [0.05, 0.1) is 30.1 Å². The Balaban J connectivity index is 0. The Hall–Kier alpha value is -2.37. The lowest BCUT2D eigenvalue weighted by molar-refractivity contribution is -0.516. The third-order valence-electron chi connectivity index (χ3n) is 6.39. The summed E-state index contributed by atoms with van der Waals surface area (Å²) in [6.45, 7) is 19.7. The number of phenols is 1. The molecule has 8 heteroatoms. The molecule has 2 rings (SSSR count). The number of hydrogen-bond donors (Lipinski definition) is 2. The third-order valence-corrected chi connectivity index (χ3v) is 6.39. The van der Waals surface area contributed by atoms with Crippen molar-refractivity contribution >= 4 is 29.3 Å². The van der Waals surface area contributed by atoms with E-state index in [1.807, 2.05) is 49.7 Å².